The number of hydrogen-bond acceptors (Lipinski definition) is 2. The predicted molar refractivity (Wildman–Crippen MR) is 53.4 cm³/mol. The van der Waals surface area contributed by atoms with Crippen molar-refractivity contribution >= 4 is 0 Å². The van der Waals surface area contributed by atoms with Crippen molar-refractivity contribution in [3.63, 3.8) is 0 Å². The van der Waals surface area contributed by atoms with E-state index < -0.39 is 0 Å². The van der Waals surface area contributed by atoms with E-state index in [0.29, 0.717) is 6.42 Å². The molecule has 76 valence electrons. The van der Waals surface area contributed by atoms with Gasteiger partial charge >= 0.3 is 0 Å². The second-order valence-corrected chi connectivity index (χ2v) is 5.12. The SMILES string of the molecule is CC(C)(C)C=C1C[C@@H](O)C[C@H](O)C1. The van der Waals surface area contributed by atoms with Gasteiger partial charge in [-0.2, -0.15) is 0 Å². The Hall–Kier alpha value is -0.340. The van der Waals surface area contributed by atoms with Crippen LogP contribution < -0.4 is 0 Å². The van der Waals surface area contributed by atoms with Gasteiger partial charge in [-0.15, -0.1) is 0 Å². The van der Waals surface area contributed by atoms with Crippen LogP contribution in [-0.4, -0.2) is 22.4 Å². The standard InChI is InChI=1S/C11H20O2/c1-11(2,3)7-8-4-9(12)6-10(13)5-8/h7,9-10,12-13H,4-6H2,1-3H3/t9-,10-/m1/s1. The van der Waals surface area contributed by atoms with Crippen LogP contribution in [0.15, 0.2) is 11.6 Å². The van der Waals surface area contributed by atoms with E-state index in [2.05, 4.69) is 26.8 Å². The molecule has 2 heteroatoms. The molecule has 0 aromatic heterocycles. The minimum atomic E-state index is -0.350. The molecule has 0 aromatic rings. The summed E-state index contributed by atoms with van der Waals surface area (Å²) in [7, 11) is 0. The largest absolute Gasteiger partial charge is 0.393 e. The highest BCUT2D eigenvalue weighted by Gasteiger charge is 2.22. The number of aliphatic hydroxyl groups is 2. The van der Waals surface area contributed by atoms with Gasteiger partial charge in [-0.25, -0.2) is 0 Å². The highest BCUT2D eigenvalue weighted by Crippen LogP contribution is 2.28. The first-order valence-electron chi connectivity index (χ1n) is 4.93. The van der Waals surface area contributed by atoms with Crippen LogP contribution in [0.3, 0.4) is 0 Å². The van der Waals surface area contributed by atoms with Crippen LogP contribution in [0.25, 0.3) is 0 Å². The van der Waals surface area contributed by atoms with E-state index in [9.17, 15) is 10.2 Å². The van der Waals surface area contributed by atoms with Crippen molar-refractivity contribution in [1.29, 1.82) is 0 Å². The smallest absolute Gasteiger partial charge is 0.0602 e. The third-order valence-electron chi connectivity index (χ3n) is 2.18. The molecule has 0 spiro atoms. The van der Waals surface area contributed by atoms with E-state index in [1.54, 1.807) is 0 Å². The molecule has 0 unspecified atom stereocenters. The van der Waals surface area contributed by atoms with Gasteiger partial charge in [-0.1, -0.05) is 32.4 Å². The van der Waals surface area contributed by atoms with Crippen molar-refractivity contribution in [2.75, 3.05) is 0 Å². The lowest BCUT2D eigenvalue weighted by Gasteiger charge is -2.26. The summed E-state index contributed by atoms with van der Waals surface area (Å²) in [6.45, 7) is 6.40. The van der Waals surface area contributed by atoms with Gasteiger partial charge in [-0.05, 0) is 24.7 Å². The lowest BCUT2D eigenvalue weighted by atomic mass is 9.84. The lowest BCUT2D eigenvalue weighted by molar-refractivity contribution is 0.0604. The molecule has 1 saturated carbocycles. The molecular formula is C11H20O2. The molecule has 13 heavy (non-hydrogen) atoms. The molecule has 1 aliphatic rings. The van der Waals surface area contributed by atoms with Gasteiger partial charge in [0.2, 0.25) is 0 Å². The molecule has 1 rings (SSSR count). The Kier molecular flexibility index (Phi) is 3.14. The maximum Gasteiger partial charge on any atom is 0.0602 e. The second-order valence-electron chi connectivity index (χ2n) is 5.12. The average Bonchev–Trinajstić information content (AvgIpc) is 1.78. The fraction of sp³-hybridized carbons (Fsp3) is 0.818. The number of rotatable bonds is 0. The van der Waals surface area contributed by atoms with Crippen LogP contribution in [0, 0.1) is 5.41 Å². The van der Waals surface area contributed by atoms with Crippen LogP contribution in [0.5, 0.6) is 0 Å². The van der Waals surface area contributed by atoms with Gasteiger partial charge < -0.3 is 10.2 Å². The van der Waals surface area contributed by atoms with E-state index in [1.807, 2.05) is 0 Å². The summed E-state index contributed by atoms with van der Waals surface area (Å²) >= 11 is 0. The molecular weight excluding hydrogens is 164 g/mol. The van der Waals surface area contributed by atoms with Crippen LogP contribution in [-0.2, 0) is 0 Å². The van der Waals surface area contributed by atoms with E-state index in [-0.39, 0.29) is 17.6 Å². The van der Waals surface area contributed by atoms with Crippen molar-refractivity contribution in [3.05, 3.63) is 11.6 Å². The van der Waals surface area contributed by atoms with E-state index in [1.165, 1.54) is 5.57 Å². The van der Waals surface area contributed by atoms with Gasteiger partial charge in [0.15, 0.2) is 0 Å². The first kappa shape index (κ1) is 10.7. The maximum absolute atomic E-state index is 9.45. The highest BCUT2D eigenvalue weighted by atomic mass is 16.3. The first-order valence-corrected chi connectivity index (χ1v) is 4.93. The van der Waals surface area contributed by atoms with Crippen molar-refractivity contribution < 1.29 is 10.2 Å². The first-order chi connectivity index (χ1) is 5.87. The topological polar surface area (TPSA) is 40.5 Å². The quantitative estimate of drug-likeness (QED) is 0.564. The predicted octanol–water partition coefficient (Wildman–Crippen LogP) is 1.86. The molecule has 0 aliphatic heterocycles. The fourth-order valence-electron chi connectivity index (χ4n) is 1.90. The van der Waals surface area contributed by atoms with E-state index in [4.69, 9.17) is 0 Å². The summed E-state index contributed by atoms with van der Waals surface area (Å²) in [4.78, 5) is 0. The molecule has 0 heterocycles. The fourth-order valence-corrected chi connectivity index (χ4v) is 1.90. The summed E-state index contributed by atoms with van der Waals surface area (Å²) in [5, 5.41) is 18.9. The van der Waals surface area contributed by atoms with Crippen molar-refractivity contribution in [1.82, 2.24) is 0 Å². The number of aliphatic hydroxyl groups excluding tert-OH is 2. The van der Waals surface area contributed by atoms with Crippen LogP contribution in [0.1, 0.15) is 40.0 Å². The summed E-state index contributed by atoms with van der Waals surface area (Å²) < 4.78 is 0. The Morgan fingerprint density at radius 3 is 2.00 bits per heavy atom. The molecule has 2 nitrogen and oxygen atoms in total. The minimum absolute atomic E-state index is 0.145. The Morgan fingerprint density at radius 1 is 1.15 bits per heavy atom. The second kappa shape index (κ2) is 3.81. The summed E-state index contributed by atoms with van der Waals surface area (Å²) in [6, 6.07) is 0. The average molecular weight is 184 g/mol. The van der Waals surface area contributed by atoms with Gasteiger partial charge in [0.05, 0.1) is 12.2 Å². The molecule has 0 bridgehead atoms. The third kappa shape index (κ3) is 3.92. The van der Waals surface area contributed by atoms with Crippen LogP contribution in [0.4, 0.5) is 0 Å². The zero-order chi connectivity index (χ0) is 10.1. The van der Waals surface area contributed by atoms with Gasteiger partial charge in [0.25, 0.3) is 0 Å². The Balaban J connectivity index is 2.65. The van der Waals surface area contributed by atoms with Crippen molar-refractivity contribution in [2.24, 2.45) is 5.41 Å². The van der Waals surface area contributed by atoms with Gasteiger partial charge in [0, 0.05) is 0 Å². The number of allylic oxidation sites excluding steroid dienone is 1. The van der Waals surface area contributed by atoms with E-state index >= 15 is 0 Å². The highest BCUT2D eigenvalue weighted by molar-refractivity contribution is 5.11. The zero-order valence-corrected chi connectivity index (χ0v) is 8.75. The van der Waals surface area contributed by atoms with Crippen LogP contribution in [0.2, 0.25) is 0 Å². The molecule has 1 fully saturated rings. The van der Waals surface area contributed by atoms with E-state index in [0.717, 1.165) is 12.8 Å². The number of hydrogen-bond donors (Lipinski definition) is 2. The molecule has 0 amide bonds. The Bertz CT molecular complexity index is 189. The molecule has 2 atom stereocenters. The zero-order valence-electron chi connectivity index (χ0n) is 8.75. The van der Waals surface area contributed by atoms with Crippen LogP contribution >= 0.6 is 0 Å². The van der Waals surface area contributed by atoms with Gasteiger partial charge in [-0.3, -0.25) is 0 Å². The normalized spacial score (nSPS) is 30.4. The minimum Gasteiger partial charge on any atom is -0.393 e. The summed E-state index contributed by atoms with van der Waals surface area (Å²) in [6.07, 6.45) is 3.46. The molecule has 0 radical (unpaired) electrons. The molecule has 2 N–H and O–H groups in total. The van der Waals surface area contributed by atoms with Crippen molar-refractivity contribution in [3.8, 4) is 0 Å². The monoisotopic (exact) mass is 184 g/mol. The molecule has 0 aromatic carbocycles. The lowest BCUT2D eigenvalue weighted by Crippen LogP contribution is -2.25. The third-order valence-corrected chi connectivity index (χ3v) is 2.18. The molecule has 0 saturated heterocycles. The van der Waals surface area contributed by atoms with Crippen molar-refractivity contribution in [2.45, 2.75) is 52.2 Å². The molecule has 1 aliphatic carbocycles. The Morgan fingerprint density at radius 2 is 1.62 bits per heavy atom. The Labute approximate surface area is 80.3 Å². The summed E-state index contributed by atoms with van der Waals surface area (Å²) in [5.74, 6) is 0. The maximum atomic E-state index is 9.45. The summed E-state index contributed by atoms with van der Waals surface area (Å²) in [5.41, 5.74) is 1.34. The van der Waals surface area contributed by atoms with Gasteiger partial charge in [0.1, 0.15) is 0 Å².